The Morgan fingerprint density at radius 2 is 2.08 bits per heavy atom. The molecule has 1 unspecified atom stereocenters. The number of aromatic nitrogens is 3. The number of carbonyl (C=O) groups excluding carboxylic acids is 1. The molecule has 12 heteroatoms. The minimum Gasteiger partial charge on any atom is -0.493 e. The molecule has 3 heterocycles. The molecule has 10 nitrogen and oxygen atoms in total. The lowest BCUT2D eigenvalue weighted by Crippen LogP contribution is -2.41. The van der Waals surface area contributed by atoms with Crippen molar-refractivity contribution in [2.45, 2.75) is 44.7 Å². The van der Waals surface area contributed by atoms with Gasteiger partial charge in [0.1, 0.15) is 17.4 Å². The zero-order valence-corrected chi connectivity index (χ0v) is 22.4. The molecule has 1 fully saturated rings. The van der Waals surface area contributed by atoms with E-state index in [9.17, 15) is 17.6 Å². The summed E-state index contributed by atoms with van der Waals surface area (Å²) in [6.07, 6.45) is 2.88. The molecule has 0 saturated carbocycles. The maximum Gasteiger partial charge on any atom is 0.281 e. The van der Waals surface area contributed by atoms with E-state index in [2.05, 4.69) is 14.9 Å². The van der Waals surface area contributed by atoms with Crippen molar-refractivity contribution in [2.75, 3.05) is 31.2 Å². The van der Waals surface area contributed by atoms with Crippen LogP contribution in [0.3, 0.4) is 0 Å². The highest BCUT2D eigenvalue weighted by Gasteiger charge is 2.28. The van der Waals surface area contributed by atoms with E-state index in [0.29, 0.717) is 43.3 Å². The Labute approximate surface area is 221 Å². The predicted octanol–water partition coefficient (Wildman–Crippen LogP) is 3.77. The number of halogens is 1. The monoisotopic (exact) mass is 545 g/mol. The first kappa shape index (κ1) is 27.5. The predicted molar refractivity (Wildman–Crippen MR) is 140 cm³/mol. The van der Waals surface area contributed by atoms with Crippen molar-refractivity contribution in [1.82, 2.24) is 19.9 Å². The number of aromatic amines is 1. The number of nitrogens with zero attached hydrogens (tertiary/aromatic N) is 3. The van der Waals surface area contributed by atoms with Crippen LogP contribution < -0.4 is 14.4 Å². The zero-order chi connectivity index (χ0) is 27.3. The van der Waals surface area contributed by atoms with E-state index in [1.807, 2.05) is 25.7 Å². The van der Waals surface area contributed by atoms with Gasteiger partial charge < -0.3 is 14.4 Å². The highest BCUT2D eigenvalue weighted by atomic mass is 32.2. The highest BCUT2D eigenvalue weighted by Crippen LogP contribution is 2.30. The van der Waals surface area contributed by atoms with Crippen LogP contribution >= 0.6 is 0 Å². The van der Waals surface area contributed by atoms with Crippen LogP contribution in [0.5, 0.6) is 5.75 Å². The normalized spacial score (nSPS) is 16.0. The van der Waals surface area contributed by atoms with Crippen molar-refractivity contribution in [2.24, 2.45) is 5.92 Å². The number of H-pyrrole nitrogens is 1. The van der Waals surface area contributed by atoms with Crippen molar-refractivity contribution in [1.29, 1.82) is 0 Å². The molecule has 4 rings (SSSR count). The molecule has 0 radical (unpaired) electrons. The Balaban J connectivity index is 1.72. The maximum atomic E-state index is 14.5. The molecule has 1 aromatic carbocycles. The van der Waals surface area contributed by atoms with E-state index in [4.69, 9.17) is 14.5 Å². The van der Waals surface area contributed by atoms with Gasteiger partial charge in [-0.25, -0.2) is 14.1 Å². The summed E-state index contributed by atoms with van der Waals surface area (Å²) in [6.45, 7) is 7.96. The number of anilines is 1. The Bertz CT molecular complexity index is 1360. The molecule has 1 atom stereocenters. The number of ether oxygens (including phenoxy) is 2. The molecule has 38 heavy (non-hydrogen) atoms. The van der Waals surface area contributed by atoms with Gasteiger partial charge in [0.05, 0.1) is 30.2 Å². The van der Waals surface area contributed by atoms with Gasteiger partial charge in [0.15, 0.2) is 5.03 Å². The first-order chi connectivity index (χ1) is 18.2. The lowest BCUT2D eigenvalue weighted by Gasteiger charge is -2.34. The van der Waals surface area contributed by atoms with Crippen LogP contribution in [0.2, 0.25) is 0 Å². The van der Waals surface area contributed by atoms with Gasteiger partial charge in [0.25, 0.3) is 15.9 Å². The number of amides is 1. The second-order valence-electron chi connectivity index (χ2n) is 9.47. The Morgan fingerprint density at radius 1 is 1.26 bits per heavy atom. The SMILES string of the molecule is CCOC1CCCN(c2nc(-c3cc(F)cc(OCC(C)C)c3)ccc2C(=O)NS(=O)(=O)c2ccn[nH]2)C1. The molecule has 1 aliphatic rings. The third-order valence-corrected chi connectivity index (χ3v) is 7.20. The van der Waals surface area contributed by atoms with Crippen LogP contribution in [-0.4, -0.2) is 61.9 Å². The van der Waals surface area contributed by atoms with Crippen molar-refractivity contribution in [3.8, 4) is 17.0 Å². The molecule has 0 spiro atoms. The molecule has 2 aromatic heterocycles. The van der Waals surface area contributed by atoms with Crippen molar-refractivity contribution in [3.05, 3.63) is 54.0 Å². The molecular weight excluding hydrogens is 513 g/mol. The molecule has 0 aliphatic carbocycles. The van der Waals surface area contributed by atoms with Gasteiger partial charge in [-0.3, -0.25) is 9.89 Å². The molecule has 1 amide bonds. The van der Waals surface area contributed by atoms with Crippen LogP contribution in [0, 0.1) is 11.7 Å². The second kappa shape index (κ2) is 11.9. The van der Waals surface area contributed by atoms with Gasteiger partial charge in [-0.05, 0) is 56.0 Å². The minimum absolute atomic E-state index is 0.0611. The van der Waals surface area contributed by atoms with Gasteiger partial charge in [-0.1, -0.05) is 13.8 Å². The molecule has 1 saturated heterocycles. The van der Waals surface area contributed by atoms with Gasteiger partial charge in [-0.2, -0.15) is 13.5 Å². The number of piperidine rings is 1. The van der Waals surface area contributed by atoms with Gasteiger partial charge in [0, 0.05) is 31.3 Å². The van der Waals surface area contributed by atoms with Gasteiger partial charge in [-0.15, -0.1) is 0 Å². The number of benzene rings is 1. The fourth-order valence-corrected chi connectivity index (χ4v) is 5.09. The summed E-state index contributed by atoms with van der Waals surface area (Å²) in [5.74, 6) is -0.393. The summed E-state index contributed by atoms with van der Waals surface area (Å²) in [6, 6.07) is 8.66. The van der Waals surface area contributed by atoms with E-state index < -0.39 is 21.7 Å². The third-order valence-electron chi connectivity index (χ3n) is 5.94. The van der Waals surface area contributed by atoms with E-state index in [0.717, 1.165) is 12.8 Å². The minimum atomic E-state index is -4.17. The lowest BCUT2D eigenvalue weighted by molar-refractivity contribution is 0.0524. The quantitative estimate of drug-likeness (QED) is 0.394. The fourth-order valence-electron chi connectivity index (χ4n) is 4.21. The van der Waals surface area contributed by atoms with Crippen LogP contribution in [0.4, 0.5) is 10.2 Å². The first-order valence-electron chi connectivity index (χ1n) is 12.5. The number of sulfonamides is 1. The average Bonchev–Trinajstić information content (AvgIpc) is 3.43. The number of nitrogens with one attached hydrogen (secondary N) is 2. The van der Waals surface area contributed by atoms with E-state index in [1.54, 1.807) is 12.1 Å². The maximum absolute atomic E-state index is 14.5. The zero-order valence-electron chi connectivity index (χ0n) is 21.6. The number of carbonyl (C=O) groups is 1. The van der Waals surface area contributed by atoms with Crippen LogP contribution in [0.25, 0.3) is 11.3 Å². The molecular formula is C26H32FN5O5S. The molecule has 204 valence electrons. The fraction of sp³-hybridized carbons (Fsp3) is 0.423. The summed E-state index contributed by atoms with van der Waals surface area (Å²) < 4.78 is 53.4. The van der Waals surface area contributed by atoms with Gasteiger partial charge >= 0.3 is 0 Å². The van der Waals surface area contributed by atoms with Crippen LogP contribution in [0.15, 0.2) is 47.6 Å². The molecule has 1 aliphatic heterocycles. The second-order valence-corrected chi connectivity index (χ2v) is 11.1. The lowest BCUT2D eigenvalue weighted by atomic mass is 10.1. The van der Waals surface area contributed by atoms with Crippen molar-refractivity contribution < 1.29 is 27.1 Å². The smallest absolute Gasteiger partial charge is 0.281 e. The van der Waals surface area contributed by atoms with E-state index in [1.165, 1.54) is 30.5 Å². The third kappa shape index (κ3) is 6.67. The first-order valence-corrected chi connectivity index (χ1v) is 14.0. The summed E-state index contributed by atoms with van der Waals surface area (Å²) >= 11 is 0. The van der Waals surface area contributed by atoms with Crippen molar-refractivity contribution >= 4 is 21.7 Å². The number of hydrogen-bond acceptors (Lipinski definition) is 8. The van der Waals surface area contributed by atoms with Crippen molar-refractivity contribution in [3.63, 3.8) is 0 Å². The van der Waals surface area contributed by atoms with Crippen LogP contribution in [0.1, 0.15) is 44.0 Å². The number of rotatable bonds is 10. The molecule has 0 bridgehead atoms. The van der Waals surface area contributed by atoms with E-state index in [-0.39, 0.29) is 28.4 Å². The van der Waals surface area contributed by atoms with Crippen LogP contribution in [-0.2, 0) is 14.8 Å². The number of hydrogen-bond donors (Lipinski definition) is 2. The summed E-state index contributed by atoms with van der Waals surface area (Å²) in [5, 5.41) is 5.75. The summed E-state index contributed by atoms with van der Waals surface area (Å²) in [4.78, 5) is 19.9. The summed E-state index contributed by atoms with van der Waals surface area (Å²) in [7, 11) is -4.17. The Kier molecular flexibility index (Phi) is 8.62. The highest BCUT2D eigenvalue weighted by molar-refractivity contribution is 7.90. The Morgan fingerprint density at radius 3 is 2.79 bits per heavy atom. The molecule has 2 N–H and O–H groups in total. The topological polar surface area (TPSA) is 127 Å². The summed E-state index contributed by atoms with van der Waals surface area (Å²) in [5.41, 5.74) is 0.961. The largest absolute Gasteiger partial charge is 0.493 e. The van der Waals surface area contributed by atoms with Gasteiger partial charge in [0.2, 0.25) is 0 Å². The number of pyridine rings is 1. The van der Waals surface area contributed by atoms with E-state index >= 15 is 0 Å². The standard InChI is InChI=1S/C26H32FN5O5S/c1-4-36-20-6-5-11-32(15-20)25-22(26(33)31-38(34,35)24-9-10-28-30-24)7-8-23(29-25)18-12-19(27)14-21(13-18)37-16-17(2)3/h7-10,12-14,17,20H,4-6,11,15-16H2,1-3H3,(H,28,30)(H,31,33). The Hall–Kier alpha value is -3.51. The average molecular weight is 546 g/mol. The molecule has 3 aromatic rings.